The molecule has 10 heteroatoms. The number of amides is 3. The fourth-order valence-electron chi connectivity index (χ4n) is 3.89. The average molecular weight is 494 g/mol. The molecular formula is C25H27N5O4S. The summed E-state index contributed by atoms with van der Waals surface area (Å²) in [5, 5.41) is 13.8. The second-order valence-corrected chi connectivity index (χ2v) is 9.06. The Kier molecular flexibility index (Phi) is 8.04. The SMILES string of the molecule is CCOc1ccccc1CNC(=O)C1CCCN(C(=O)c2nnc(C(=O)Nc3ccccc3)s2)C1. The number of nitrogens with one attached hydrogen (secondary N) is 2. The Bertz CT molecular complexity index is 1180. The van der Waals surface area contributed by atoms with E-state index in [2.05, 4.69) is 20.8 Å². The van der Waals surface area contributed by atoms with Crippen LogP contribution in [-0.4, -0.2) is 52.5 Å². The minimum Gasteiger partial charge on any atom is -0.494 e. The van der Waals surface area contributed by atoms with E-state index in [0.29, 0.717) is 44.8 Å². The average Bonchev–Trinajstić information content (AvgIpc) is 3.39. The topological polar surface area (TPSA) is 114 Å². The lowest BCUT2D eigenvalue weighted by Gasteiger charge is -2.31. The first-order valence-electron chi connectivity index (χ1n) is 11.5. The van der Waals surface area contributed by atoms with Crippen molar-refractivity contribution < 1.29 is 19.1 Å². The molecule has 182 valence electrons. The van der Waals surface area contributed by atoms with Gasteiger partial charge >= 0.3 is 0 Å². The number of hydrogen-bond acceptors (Lipinski definition) is 7. The largest absolute Gasteiger partial charge is 0.494 e. The predicted octanol–water partition coefficient (Wildman–Crippen LogP) is 3.36. The fourth-order valence-corrected chi connectivity index (χ4v) is 4.60. The number of rotatable bonds is 8. The molecule has 1 unspecified atom stereocenters. The molecule has 0 aliphatic carbocycles. The molecule has 2 heterocycles. The van der Waals surface area contributed by atoms with E-state index in [9.17, 15) is 14.4 Å². The van der Waals surface area contributed by atoms with Crippen molar-refractivity contribution in [3.05, 3.63) is 70.2 Å². The maximum absolute atomic E-state index is 13.0. The highest BCUT2D eigenvalue weighted by atomic mass is 32.1. The second kappa shape index (κ2) is 11.6. The minimum absolute atomic E-state index is 0.103. The molecule has 0 bridgehead atoms. The lowest BCUT2D eigenvalue weighted by atomic mass is 9.97. The molecule has 1 aliphatic heterocycles. The molecule has 9 nitrogen and oxygen atoms in total. The molecule has 0 radical (unpaired) electrons. The van der Waals surface area contributed by atoms with Crippen LogP contribution in [0.15, 0.2) is 54.6 Å². The van der Waals surface area contributed by atoms with Gasteiger partial charge in [0.2, 0.25) is 15.9 Å². The highest BCUT2D eigenvalue weighted by Crippen LogP contribution is 2.22. The smallest absolute Gasteiger partial charge is 0.286 e. The van der Waals surface area contributed by atoms with Gasteiger partial charge in [-0.25, -0.2) is 0 Å². The number of para-hydroxylation sites is 2. The molecule has 0 spiro atoms. The van der Waals surface area contributed by atoms with Crippen LogP contribution in [-0.2, 0) is 11.3 Å². The van der Waals surface area contributed by atoms with E-state index in [4.69, 9.17) is 4.74 Å². The van der Waals surface area contributed by atoms with Gasteiger partial charge in [-0.05, 0) is 38.0 Å². The van der Waals surface area contributed by atoms with Gasteiger partial charge in [0.05, 0.1) is 12.5 Å². The molecule has 3 aromatic rings. The summed E-state index contributed by atoms with van der Waals surface area (Å²) in [6.07, 6.45) is 1.41. The van der Waals surface area contributed by atoms with Gasteiger partial charge in [0, 0.05) is 30.9 Å². The Morgan fingerprint density at radius 2 is 1.80 bits per heavy atom. The first-order chi connectivity index (χ1) is 17.0. The van der Waals surface area contributed by atoms with Crippen LogP contribution in [0.3, 0.4) is 0 Å². The number of ether oxygens (including phenoxy) is 1. The van der Waals surface area contributed by atoms with Gasteiger partial charge in [0.1, 0.15) is 5.75 Å². The summed E-state index contributed by atoms with van der Waals surface area (Å²) in [5.74, 6) is -0.412. The number of likely N-dealkylation sites (tertiary alicyclic amines) is 1. The number of benzene rings is 2. The van der Waals surface area contributed by atoms with Crippen molar-refractivity contribution in [1.29, 1.82) is 0 Å². The van der Waals surface area contributed by atoms with Crippen LogP contribution in [0.1, 0.15) is 44.9 Å². The Morgan fingerprint density at radius 3 is 2.60 bits per heavy atom. The zero-order valence-corrected chi connectivity index (χ0v) is 20.2. The van der Waals surface area contributed by atoms with Crippen LogP contribution in [0, 0.1) is 5.92 Å². The predicted molar refractivity (Wildman–Crippen MR) is 132 cm³/mol. The van der Waals surface area contributed by atoms with Gasteiger partial charge in [-0.3, -0.25) is 14.4 Å². The van der Waals surface area contributed by atoms with E-state index in [1.807, 2.05) is 49.4 Å². The van der Waals surface area contributed by atoms with Crippen LogP contribution in [0.25, 0.3) is 0 Å². The first-order valence-corrected chi connectivity index (χ1v) is 12.3. The van der Waals surface area contributed by atoms with E-state index in [-0.39, 0.29) is 27.7 Å². The number of nitrogens with zero attached hydrogens (tertiary/aromatic N) is 3. The highest BCUT2D eigenvalue weighted by Gasteiger charge is 2.31. The van der Waals surface area contributed by atoms with E-state index < -0.39 is 5.91 Å². The summed E-state index contributed by atoms with van der Waals surface area (Å²) < 4.78 is 5.62. The second-order valence-electron chi connectivity index (χ2n) is 8.08. The van der Waals surface area contributed by atoms with Crippen molar-refractivity contribution >= 4 is 34.7 Å². The third-order valence-corrected chi connectivity index (χ3v) is 6.55. The molecule has 2 aromatic carbocycles. The van der Waals surface area contributed by atoms with Crippen molar-refractivity contribution in [2.24, 2.45) is 5.92 Å². The summed E-state index contributed by atoms with van der Waals surface area (Å²) in [5.41, 5.74) is 1.54. The van der Waals surface area contributed by atoms with Crippen LogP contribution in [0.2, 0.25) is 0 Å². The molecule has 1 aromatic heterocycles. The van der Waals surface area contributed by atoms with E-state index in [0.717, 1.165) is 22.6 Å². The number of anilines is 1. The Morgan fingerprint density at radius 1 is 1.06 bits per heavy atom. The lowest BCUT2D eigenvalue weighted by molar-refractivity contribution is -0.126. The number of carbonyl (C=O) groups excluding carboxylic acids is 3. The summed E-state index contributed by atoms with van der Waals surface area (Å²) in [7, 11) is 0. The van der Waals surface area contributed by atoms with E-state index >= 15 is 0 Å². The van der Waals surface area contributed by atoms with Crippen LogP contribution in [0.5, 0.6) is 5.75 Å². The van der Waals surface area contributed by atoms with Gasteiger partial charge in [-0.15, -0.1) is 10.2 Å². The molecule has 0 saturated carbocycles. The van der Waals surface area contributed by atoms with E-state index in [1.165, 1.54) is 0 Å². The Balaban J connectivity index is 1.33. The molecule has 1 fully saturated rings. The molecule has 1 atom stereocenters. The molecule has 4 rings (SSSR count). The maximum atomic E-state index is 13.0. The summed E-state index contributed by atoms with van der Waals surface area (Å²) in [6, 6.07) is 16.6. The summed E-state index contributed by atoms with van der Waals surface area (Å²) in [4.78, 5) is 39.9. The quantitative estimate of drug-likeness (QED) is 0.498. The molecule has 3 amide bonds. The first kappa shape index (κ1) is 24.3. The monoisotopic (exact) mass is 493 g/mol. The third kappa shape index (κ3) is 6.21. The number of aromatic nitrogens is 2. The number of piperidine rings is 1. The van der Waals surface area contributed by atoms with Gasteiger partial charge in [-0.2, -0.15) is 0 Å². The number of carbonyl (C=O) groups is 3. The molecule has 2 N–H and O–H groups in total. The molecule has 1 aliphatic rings. The van der Waals surface area contributed by atoms with Crippen molar-refractivity contribution in [3.63, 3.8) is 0 Å². The summed E-state index contributed by atoms with van der Waals surface area (Å²) >= 11 is 0.945. The van der Waals surface area contributed by atoms with Gasteiger partial charge in [0.25, 0.3) is 11.8 Å². The van der Waals surface area contributed by atoms with Crippen molar-refractivity contribution in [2.75, 3.05) is 25.0 Å². The van der Waals surface area contributed by atoms with Crippen LogP contribution >= 0.6 is 11.3 Å². The zero-order chi connectivity index (χ0) is 24.6. The Hall–Kier alpha value is -3.79. The third-order valence-electron chi connectivity index (χ3n) is 5.64. The molecule has 35 heavy (non-hydrogen) atoms. The standard InChI is InChI=1S/C25H27N5O4S/c1-2-34-20-13-7-6-9-17(20)15-26-21(31)18-10-8-14-30(16-18)25(33)24-29-28-23(35-24)22(32)27-19-11-4-3-5-12-19/h3-7,9,11-13,18H,2,8,10,14-16H2,1H3,(H,26,31)(H,27,32). The normalized spacial score (nSPS) is 15.3. The summed E-state index contributed by atoms with van der Waals surface area (Å²) in [6.45, 7) is 3.64. The van der Waals surface area contributed by atoms with Crippen LogP contribution in [0.4, 0.5) is 5.69 Å². The van der Waals surface area contributed by atoms with Crippen LogP contribution < -0.4 is 15.4 Å². The minimum atomic E-state index is -0.420. The van der Waals surface area contributed by atoms with Crippen molar-refractivity contribution in [1.82, 2.24) is 20.4 Å². The van der Waals surface area contributed by atoms with Gasteiger partial charge < -0.3 is 20.3 Å². The molecular weight excluding hydrogens is 466 g/mol. The highest BCUT2D eigenvalue weighted by molar-refractivity contribution is 7.15. The zero-order valence-electron chi connectivity index (χ0n) is 19.4. The van der Waals surface area contributed by atoms with Crippen molar-refractivity contribution in [2.45, 2.75) is 26.3 Å². The van der Waals surface area contributed by atoms with E-state index in [1.54, 1.807) is 17.0 Å². The van der Waals surface area contributed by atoms with Gasteiger partial charge in [-0.1, -0.05) is 47.7 Å². The lowest BCUT2D eigenvalue weighted by Crippen LogP contribution is -2.45. The Labute approximate surface area is 207 Å². The number of hydrogen-bond donors (Lipinski definition) is 2. The van der Waals surface area contributed by atoms with Gasteiger partial charge in [0.15, 0.2) is 0 Å². The maximum Gasteiger partial charge on any atom is 0.286 e. The van der Waals surface area contributed by atoms with Crippen molar-refractivity contribution in [3.8, 4) is 5.75 Å². The fraction of sp³-hybridized carbons (Fsp3) is 0.320. The molecule has 1 saturated heterocycles.